The number of nitrogens with zero attached hydrogens (tertiary/aromatic N) is 1. The predicted octanol–water partition coefficient (Wildman–Crippen LogP) is 2.38. The molecule has 1 aromatic rings. The van der Waals surface area contributed by atoms with E-state index in [2.05, 4.69) is 18.8 Å². The highest BCUT2D eigenvalue weighted by atomic mass is 32.1. The van der Waals surface area contributed by atoms with Crippen LogP contribution in [-0.2, 0) is 11.2 Å². The van der Waals surface area contributed by atoms with Crippen LogP contribution in [0.15, 0.2) is 5.38 Å². The van der Waals surface area contributed by atoms with Crippen LogP contribution >= 0.6 is 11.3 Å². The van der Waals surface area contributed by atoms with Gasteiger partial charge in [0, 0.05) is 12.5 Å². The zero-order valence-electron chi connectivity index (χ0n) is 9.69. The Morgan fingerprint density at radius 2 is 2.27 bits per heavy atom. The molecule has 0 bridgehead atoms. The smallest absolute Gasteiger partial charge is 0.0929 e. The van der Waals surface area contributed by atoms with Gasteiger partial charge in [-0.3, -0.25) is 0 Å². The maximum atomic E-state index is 5.89. The average Bonchev–Trinajstić information content (AvgIpc) is 2.63. The van der Waals surface area contributed by atoms with Crippen molar-refractivity contribution in [2.75, 3.05) is 13.7 Å². The lowest BCUT2D eigenvalue weighted by atomic mass is 10.1. The standard InChI is InChI=1S/C11H20N2OS/c1-8(2)4-5-11-13-10(7-15-11)9(12)6-14-3/h7-9H,4-6,12H2,1-3H3. The van der Waals surface area contributed by atoms with E-state index < -0.39 is 0 Å². The molecule has 0 spiro atoms. The maximum absolute atomic E-state index is 5.89. The Morgan fingerprint density at radius 1 is 1.53 bits per heavy atom. The van der Waals surface area contributed by atoms with Crippen molar-refractivity contribution >= 4 is 11.3 Å². The predicted molar refractivity (Wildman–Crippen MR) is 64.1 cm³/mol. The van der Waals surface area contributed by atoms with Crippen molar-refractivity contribution in [2.45, 2.75) is 32.7 Å². The first-order valence-electron chi connectivity index (χ1n) is 5.32. The number of aryl methyl sites for hydroxylation is 1. The molecule has 0 aliphatic carbocycles. The van der Waals surface area contributed by atoms with Crippen LogP contribution in [0.3, 0.4) is 0 Å². The SMILES string of the molecule is COCC(N)c1csc(CCC(C)C)n1. The Hall–Kier alpha value is -0.450. The van der Waals surface area contributed by atoms with Gasteiger partial charge < -0.3 is 10.5 Å². The van der Waals surface area contributed by atoms with Crippen LogP contribution in [0, 0.1) is 5.92 Å². The van der Waals surface area contributed by atoms with Gasteiger partial charge in [-0.05, 0) is 18.8 Å². The van der Waals surface area contributed by atoms with Crippen LogP contribution in [-0.4, -0.2) is 18.7 Å². The second-order valence-corrected chi connectivity index (χ2v) is 5.10. The van der Waals surface area contributed by atoms with Gasteiger partial charge >= 0.3 is 0 Å². The maximum Gasteiger partial charge on any atom is 0.0929 e. The van der Waals surface area contributed by atoms with Crippen LogP contribution in [0.25, 0.3) is 0 Å². The summed E-state index contributed by atoms with van der Waals surface area (Å²) in [6, 6.07) is -0.0842. The monoisotopic (exact) mass is 228 g/mol. The Labute approximate surface area is 95.7 Å². The summed E-state index contributed by atoms with van der Waals surface area (Å²) in [6.45, 7) is 4.99. The molecule has 0 saturated carbocycles. The van der Waals surface area contributed by atoms with Gasteiger partial charge in [0.05, 0.1) is 23.4 Å². The Bertz CT molecular complexity index is 286. The number of nitrogens with two attached hydrogens (primary N) is 1. The molecule has 1 rings (SSSR count). The summed E-state index contributed by atoms with van der Waals surface area (Å²) in [7, 11) is 1.66. The minimum Gasteiger partial charge on any atom is -0.383 e. The number of hydrogen-bond donors (Lipinski definition) is 1. The minimum absolute atomic E-state index is 0.0842. The van der Waals surface area contributed by atoms with Gasteiger partial charge in [0.25, 0.3) is 0 Å². The topological polar surface area (TPSA) is 48.1 Å². The molecule has 2 N–H and O–H groups in total. The number of methoxy groups -OCH3 is 1. The van der Waals surface area contributed by atoms with Gasteiger partial charge in [-0.25, -0.2) is 4.98 Å². The van der Waals surface area contributed by atoms with E-state index in [1.807, 2.05) is 5.38 Å². The number of ether oxygens (including phenoxy) is 1. The zero-order valence-corrected chi connectivity index (χ0v) is 10.5. The zero-order chi connectivity index (χ0) is 11.3. The molecule has 0 radical (unpaired) electrons. The molecule has 0 fully saturated rings. The molecular weight excluding hydrogens is 208 g/mol. The molecule has 0 saturated heterocycles. The summed E-state index contributed by atoms with van der Waals surface area (Å²) in [6.07, 6.45) is 2.24. The summed E-state index contributed by atoms with van der Waals surface area (Å²) in [4.78, 5) is 4.51. The molecule has 1 atom stereocenters. The van der Waals surface area contributed by atoms with Gasteiger partial charge in [-0.1, -0.05) is 13.8 Å². The summed E-state index contributed by atoms with van der Waals surface area (Å²) >= 11 is 1.70. The molecule has 4 heteroatoms. The lowest BCUT2D eigenvalue weighted by Crippen LogP contribution is -2.16. The van der Waals surface area contributed by atoms with Gasteiger partial charge in [-0.2, -0.15) is 0 Å². The van der Waals surface area contributed by atoms with E-state index in [-0.39, 0.29) is 6.04 Å². The van der Waals surface area contributed by atoms with Gasteiger partial charge in [0.2, 0.25) is 0 Å². The van der Waals surface area contributed by atoms with E-state index in [0.717, 1.165) is 18.0 Å². The molecule has 0 aromatic carbocycles. The van der Waals surface area contributed by atoms with Crippen LogP contribution in [0.4, 0.5) is 0 Å². The largest absolute Gasteiger partial charge is 0.383 e. The van der Waals surface area contributed by atoms with E-state index in [9.17, 15) is 0 Å². The number of aromatic nitrogens is 1. The van der Waals surface area contributed by atoms with Crippen molar-refractivity contribution in [3.05, 3.63) is 16.1 Å². The molecule has 0 aliphatic rings. The van der Waals surface area contributed by atoms with E-state index in [1.165, 1.54) is 11.4 Å². The first-order valence-corrected chi connectivity index (χ1v) is 6.20. The first kappa shape index (κ1) is 12.6. The minimum atomic E-state index is -0.0842. The fourth-order valence-corrected chi connectivity index (χ4v) is 2.17. The van der Waals surface area contributed by atoms with Crippen molar-refractivity contribution in [1.82, 2.24) is 4.98 Å². The molecule has 0 aliphatic heterocycles. The normalized spacial score (nSPS) is 13.4. The third-order valence-electron chi connectivity index (χ3n) is 2.23. The number of hydrogen-bond acceptors (Lipinski definition) is 4. The van der Waals surface area contributed by atoms with Gasteiger partial charge in [0.15, 0.2) is 0 Å². The lowest BCUT2D eigenvalue weighted by molar-refractivity contribution is 0.180. The Balaban J connectivity index is 2.48. The van der Waals surface area contributed by atoms with Crippen LogP contribution in [0.1, 0.15) is 37.0 Å². The number of rotatable bonds is 6. The van der Waals surface area contributed by atoms with Crippen molar-refractivity contribution in [1.29, 1.82) is 0 Å². The highest BCUT2D eigenvalue weighted by molar-refractivity contribution is 7.09. The summed E-state index contributed by atoms with van der Waals surface area (Å²) in [5.74, 6) is 0.727. The van der Waals surface area contributed by atoms with E-state index in [0.29, 0.717) is 6.61 Å². The Kier molecular flexibility index (Phi) is 5.22. The van der Waals surface area contributed by atoms with E-state index >= 15 is 0 Å². The second-order valence-electron chi connectivity index (χ2n) is 4.16. The first-order chi connectivity index (χ1) is 7.13. The van der Waals surface area contributed by atoms with Crippen molar-refractivity contribution < 1.29 is 4.74 Å². The quantitative estimate of drug-likeness (QED) is 0.813. The highest BCUT2D eigenvalue weighted by Crippen LogP contribution is 2.18. The van der Waals surface area contributed by atoms with Gasteiger partial charge in [0.1, 0.15) is 0 Å². The van der Waals surface area contributed by atoms with E-state index in [4.69, 9.17) is 10.5 Å². The third kappa shape index (κ3) is 4.28. The molecule has 15 heavy (non-hydrogen) atoms. The molecule has 1 heterocycles. The molecule has 86 valence electrons. The molecule has 0 amide bonds. The third-order valence-corrected chi connectivity index (χ3v) is 3.16. The molecule has 3 nitrogen and oxygen atoms in total. The lowest BCUT2D eigenvalue weighted by Gasteiger charge is -2.06. The fourth-order valence-electron chi connectivity index (χ4n) is 1.29. The van der Waals surface area contributed by atoms with Crippen LogP contribution in [0.2, 0.25) is 0 Å². The number of thiazole rings is 1. The summed E-state index contributed by atoms with van der Waals surface area (Å²) in [5, 5.41) is 3.23. The summed E-state index contributed by atoms with van der Waals surface area (Å²) in [5.41, 5.74) is 6.85. The van der Waals surface area contributed by atoms with Crippen molar-refractivity contribution in [3.63, 3.8) is 0 Å². The van der Waals surface area contributed by atoms with E-state index in [1.54, 1.807) is 18.4 Å². The van der Waals surface area contributed by atoms with Crippen LogP contribution < -0.4 is 5.73 Å². The summed E-state index contributed by atoms with van der Waals surface area (Å²) < 4.78 is 5.01. The van der Waals surface area contributed by atoms with Crippen molar-refractivity contribution in [2.24, 2.45) is 11.7 Å². The second kappa shape index (κ2) is 6.20. The van der Waals surface area contributed by atoms with Crippen LogP contribution in [0.5, 0.6) is 0 Å². The fraction of sp³-hybridized carbons (Fsp3) is 0.727. The Morgan fingerprint density at radius 3 is 2.87 bits per heavy atom. The average molecular weight is 228 g/mol. The molecule has 1 unspecified atom stereocenters. The van der Waals surface area contributed by atoms with Gasteiger partial charge in [-0.15, -0.1) is 11.3 Å². The molecular formula is C11H20N2OS. The van der Waals surface area contributed by atoms with Crippen molar-refractivity contribution in [3.8, 4) is 0 Å². The highest BCUT2D eigenvalue weighted by Gasteiger charge is 2.10. The molecule has 1 aromatic heterocycles.